The monoisotopic (exact) mass is 495 g/mol. The summed E-state index contributed by atoms with van der Waals surface area (Å²) in [6, 6.07) is 19.9. The van der Waals surface area contributed by atoms with Crippen LogP contribution in [0.5, 0.6) is 0 Å². The number of nitro groups is 1. The lowest BCUT2D eigenvalue weighted by Crippen LogP contribution is -2.00. The van der Waals surface area contributed by atoms with E-state index < -0.39 is 4.92 Å². The molecular formula is C23H15Cl2N5O2S. The minimum atomic E-state index is -0.402. The van der Waals surface area contributed by atoms with Gasteiger partial charge in [-0.25, -0.2) is 0 Å². The number of aromatic amines is 1. The van der Waals surface area contributed by atoms with Crippen molar-refractivity contribution in [1.29, 1.82) is 0 Å². The lowest BCUT2D eigenvalue weighted by Gasteiger charge is -2.11. The fraction of sp³-hybridized carbons (Fsp3) is 0.0435. The van der Waals surface area contributed by atoms with Crippen molar-refractivity contribution in [3.63, 3.8) is 0 Å². The van der Waals surface area contributed by atoms with Gasteiger partial charge in [-0.3, -0.25) is 14.7 Å². The largest absolute Gasteiger partial charge is 0.361 e. The second kappa shape index (κ2) is 8.90. The van der Waals surface area contributed by atoms with Crippen molar-refractivity contribution in [2.75, 3.05) is 0 Å². The lowest BCUT2D eigenvalue weighted by molar-refractivity contribution is -0.384. The van der Waals surface area contributed by atoms with Gasteiger partial charge in [0.25, 0.3) is 5.69 Å². The fourth-order valence-corrected chi connectivity index (χ4v) is 5.00. The standard InChI is InChI=1S/C23H15Cl2N5O2S/c24-15-6-8-19(20(25)10-15)22-27-28-23(29(22)16-4-2-1-3-5-16)33-13-14-12-26-21-11-17(30(31)32)7-9-18(14)21/h1-12,26H,13H2. The van der Waals surface area contributed by atoms with E-state index in [1.807, 2.05) is 47.2 Å². The average molecular weight is 496 g/mol. The molecule has 3 aromatic carbocycles. The predicted molar refractivity (Wildman–Crippen MR) is 131 cm³/mol. The fourth-order valence-electron chi connectivity index (χ4n) is 3.57. The molecule has 1 N–H and O–H groups in total. The Kier molecular flexibility index (Phi) is 5.80. The van der Waals surface area contributed by atoms with E-state index in [1.165, 1.54) is 23.9 Å². The van der Waals surface area contributed by atoms with E-state index >= 15 is 0 Å². The van der Waals surface area contributed by atoms with Gasteiger partial charge in [-0.15, -0.1) is 10.2 Å². The minimum absolute atomic E-state index is 0.0526. The van der Waals surface area contributed by atoms with Crippen LogP contribution >= 0.6 is 35.0 Å². The number of rotatable bonds is 6. The summed E-state index contributed by atoms with van der Waals surface area (Å²) < 4.78 is 1.96. The van der Waals surface area contributed by atoms with Crippen LogP contribution in [-0.4, -0.2) is 24.7 Å². The van der Waals surface area contributed by atoms with Crippen LogP contribution in [0.25, 0.3) is 28.0 Å². The second-order valence-corrected chi connectivity index (χ2v) is 8.98. The number of aromatic nitrogens is 4. The number of halogens is 2. The smallest absolute Gasteiger partial charge is 0.271 e. The van der Waals surface area contributed by atoms with Crippen LogP contribution in [0.15, 0.2) is 78.1 Å². The third-order valence-electron chi connectivity index (χ3n) is 5.14. The molecule has 0 spiro atoms. The van der Waals surface area contributed by atoms with Crippen molar-refractivity contribution >= 4 is 51.6 Å². The van der Waals surface area contributed by atoms with E-state index in [2.05, 4.69) is 15.2 Å². The van der Waals surface area contributed by atoms with E-state index in [9.17, 15) is 10.1 Å². The maximum atomic E-state index is 11.0. The number of nitrogens with one attached hydrogen (secondary N) is 1. The summed E-state index contributed by atoms with van der Waals surface area (Å²) in [5, 5.41) is 22.6. The molecule has 0 fully saturated rings. The zero-order chi connectivity index (χ0) is 22.9. The van der Waals surface area contributed by atoms with Crippen LogP contribution < -0.4 is 0 Å². The summed E-state index contributed by atoms with van der Waals surface area (Å²) >= 11 is 14.1. The zero-order valence-electron chi connectivity index (χ0n) is 16.9. The molecule has 2 aromatic heterocycles. The van der Waals surface area contributed by atoms with E-state index in [0.717, 1.165) is 27.7 Å². The van der Waals surface area contributed by atoms with Crippen molar-refractivity contribution in [3.8, 4) is 17.1 Å². The first-order valence-corrected chi connectivity index (χ1v) is 11.6. The summed E-state index contributed by atoms with van der Waals surface area (Å²) in [7, 11) is 0. The van der Waals surface area contributed by atoms with Gasteiger partial charge < -0.3 is 4.98 Å². The maximum absolute atomic E-state index is 11.0. The Morgan fingerprint density at radius 1 is 1.03 bits per heavy atom. The Morgan fingerprint density at radius 2 is 1.85 bits per heavy atom. The lowest BCUT2D eigenvalue weighted by atomic mass is 10.2. The van der Waals surface area contributed by atoms with Crippen LogP contribution in [0.3, 0.4) is 0 Å². The summed E-state index contributed by atoms with van der Waals surface area (Å²) in [6.45, 7) is 0. The van der Waals surface area contributed by atoms with Crippen LogP contribution in [0, 0.1) is 10.1 Å². The Morgan fingerprint density at radius 3 is 2.61 bits per heavy atom. The number of H-pyrrole nitrogens is 1. The molecule has 0 aliphatic heterocycles. The minimum Gasteiger partial charge on any atom is -0.361 e. The first-order valence-electron chi connectivity index (χ1n) is 9.85. The first-order chi connectivity index (χ1) is 16.0. The topological polar surface area (TPSA) is 89.6 Å². The Bertz CT molecular complexity index is 1480. The summed E-state index contributed by atoms with van der Waals surface area (Å²) in [6.07, 6.45) is 1.86. The Labute approximate surface area is 202 Å². The van der Waals surface area contributed by atoms with Gasteiger partial charge in [-0.1, -0.05) is 53.2 Å². The number of hydrogen-bond donors (Lipinski definition) is 1. The van der Waals surface area contributed by atoms with E-state index in [0.29, 0.717) is 26.8 Å². The van der Waals surface area contributed by atoms with Crippen LogP contribution in [0.1, 0.15) is 5.56 Å². The first kappa shape index (κ1) is 21.5. The highest BCUT2D eigenvalue weighted by Crippen LogP contribution is 2.35. The molecular weight excluding hydrogens is 481 g/mol. The average Bonchev–Trinajstić information content (AvgIpc) is 3.41. The molecule has 0 radical (unpaired) electrons. The molecule has 0 saturated heterocycles. The number of benzene rings is 3. The zero-order valence-corrected chi connectivity index (χ0v) is 19.2. The molecule has 5 aromatic rings. The van der Waals surface area contributed by atoms with E-state index in [4.69, 9.17) is 23.2 Å². The number of hydrogen-bond acceptors (Lipinski definition) is 5. The predicted octanol–water partition coefficient (Wildman–Crippen LogP) is 6.92. The van der Waals surface area contributed by atoms with Gasteiger partial charge in [-0.05, 0) is 42.0 Å². The van der Waals surface area contributed by atoms with Crippen molar-refractivity contribution < 1.29 is 4.92 Å². The number of nitrogens with zero attached hydrogens (tertiary/aromatic N) is 4. The molecule has 0 bridgehead atoms. The number of nitro benzene ring substituents is 1. The summed E-state index contributed by atoms with van der Waals surface area (Å²) in [5.41, 5.74) is 3.41. The van der Waals surface area contributed by atoms with Gasteiger partial charge in [0, 0.05) is 45.7 Å². The number of fused-ring (bicyclic) bond motifs is 1. The molecule has 2 heterocycles. The highest BCUT2D eigenvalue weighted by Gasteiger charge is 2.19. The third kappa shape index (κ3) is 4.20. The normalized spacial score (nSPS) is 11.2. The second-order valence-electron chi connectivity index (χ2n) is 7.19. The van der Waals surface area contributed by atoms with Gasteiger partial charge in [0.15, 0.2) is 11.0 Å². The number of non-ortho nitro benzene ring substituents is 1. The molecule has 0 atom stereocenters. The van der Waals surface area contributed by atoms with Crippen molar-refractivity contribution in [3.05, 3.63) is 98.6 Å². The molecule has 0 amide bonds. The molecule has 0 unspecified atom stereocenters. The highest BCUT2D eigenvalue weighted by atomic mass is 35.5. The van der Waals surface area contributed by atoms with Crippen LogP contribution in [0.4, 0.5) is 5.69 Å². The number of thioether (sulfide) groups is 1. The molecule has 7 nitrogen and oxygen atoms in total. The van der Waals surface area contributed by atoms with Gasteiger partial charge in [0.1, 0.15) is 0 Å². The summed E-state index contributed by atoms with van der Waals surface area (Å²) in [4.78, 5) is 13.8. The van der Waals surface area contributed by atoms with Crippen molar-refractivity contribution in [2.45, 2.75) is 10.9 Å². The third-order valence-corrected chi connectivity index (χ3v) is 6.66. The van der Waals surface area contributed by atoms with Crippen LogP contribution in [0.2, 0.25) is 10.0 Å². The van der Waals surface area contributed by atoms with Crippen molar-refractivity contribution in [2.24, 2.45) is 0 Å². The Balaban J connectivity index is 1.52. The molecule has 5 rings (SSSR count). The molecule has 0 aliphatic carbocycles. The van der Waals surface area contributed by atoms with Gasteiger partial charge >= 0.3 is 0 Å². The van der Waals surface area contributed by atoms with Crippen molar-refractivity contribution in [1.82, 2.24) is 19.7 Å². The van der Waals surface area contributed by atoms with Crippen LogP contribution in [-0.2, 0) is 5.75 Å². The van der Waals surface area contributed by atoms with Gasteiger partial charge in [0.05, 0.1) is 15.5 Å². The maximum Gasteiger partial charge on any atom is 0.271 e. The summed E-state index contributed by atoms with van der Waals surface area (Å²) in [5.74, 6) is 1.21. The molecule has 33 heavy (non-hydrogen) atoms. The number of para-hydroxylation sites is 1. The molecule has 164 valence electrons. The molecule has 10 heteroatoms. The SMILES string of the molecule is O=[N+]([O-])c1ccc2c(CSc3nnc(-c4ccc(Cl)cc4Cl)n3-c3ccccc3)c[nH]c2c1. The Hall–Kier alpha value is -3.33. The van der Waals surface area contributed by atoms with E-state index in [-0.39, 0.29) is 5.69 Å². The highest BCUT2D eigenvalue weighted by molar-refractivity contribution is 7.98. The molecule has 0 aliphatic rings. The van der Waals surface area contributed by atoms with Gasteiger partial charge in [0.2, 0.25) is 0 Å². The molecule has 0 saturated carbocycles. The van der Waals surface area contributed by atoms with Gasteiger partial charge in [-0.2, -0.15) is 0 Å². The van der Waals surface area contributed by atoms with E-state index in [1.54, 1.807) is 18.2 Å². The quantitative estimate of drug-likeness (QED) is 0.157.